The monoisotopic (exact) mass is 412 g/mol. The van der Waals surface area contributed by atoms with Gasteiger partial charge in [0.1, 0.15) is 29.2 Å². The highest BCUT2D eigenvalue weighted by Crippen LogP contribution is 2.65. The molecule has 3 unspecified atom stereocenters. The summed E-state index contributed by atoms with van der Waals surface area (Å²) in [7, 11) is -1.02. The van der Waals surface area contributed by atoms with Gasteiger partial charge in [-0.25, -0.2) is 9.78 Å². The summed E-state index contributed by atoms with van der Waals surface area (Å²) in [5.74, 6) is -0.785. The minimum Gasteiger partial charge on any atom is -0.535 e. The van der Waals surface area contributed by atoms with E-state index >= 15 is 0 Å². The highest BCUT2D eigenvalue weighted by Gasteiger charge is 2.60. The number of aromatic nitrogens is 2. The summed E-state index contributed by atoms with van der Waals surface area (Å²) in [6, 6.07) is 2.60. The van der Waals surface area contributed by atoms with Crippen LogP contribution in [-0.2, 0) is 4.79 Å². The van der Waals surface area contributed by atoms with E-state index in [0.29, 0.717) is 18.8 Å². The number of aromatic amines is 1. The van der Waals surface area contributed by atoms with Crippen molar-refractivity contribution < 1.29 is 29.1 Å². The van der Waals surface area contributed by atoms with E-state index in [-0.39, 0.29) is 46.7 Å². The van der Waals surface area contributed by atoms with Crippen LogP contribution in [0.1, 0.15) is 40.5 Å². The van der Waals surface area contributed by atoms with Gasteiger partial charge in [-0.2, -0.15) is 0 Å². The first-order chi connectivity index (χ1) is 14.4. The highest BCUT2D eigenvalue weighted by molar-refractivity contribution is 6.48. The number of nitrogens with two attached hydrogens (primary N) is 1. The number of fused-ring (bicyclic) bond motifs is 3. The average molecular weight is 412 g/mol. The Morgan fingerprint density at radius 3 is 2.87 bits per heavy atom. The molecule has 0 spiro atoms. The molecule has 1 aliphatic carbocycles. The first-order valence-corrected chi connectivity index (χ1v) is 9.81. The normalized spacial score (nSPS) is 25.5. The average Bonchev–Trinajstić information content (AvgIpc) is 3.11. The van der Waals surface area contributed by atoms with E-state index in [2.05, 4.69) is 9.97 Å². The van der Waals surface area contributed by atoms with Crippen molar-refractivity contribution in [2.75, 3.05) is 13.1 Å². The number of likely N-dealkylation sites (tertiary alicyclic amines) is 1. The molecule has 5 rings (SSSR count). The lowest BCUT2D eigenvalue weighted by molar-refractivity contribution is -0.141. The van der Waals surface area contributed by atoms with Crippen molar-refractivity contribution in [2.24, 2.45) is 11.7 Å². The van der Waals surface area contributed by atoms with Crippen LogP contribution in [0.4, 0.5) is 0 Å². The minimum absolute atomic E-state index is 0.00352. The lowest BCUT2D eigenvalue weighted by atomic mass is 9.76. The van der Waals surface area contributed by atoms with Gasteiger partial charge in [-0.3, -0.25) is 4.79 Å². The maximum absolute atomic E-state index is 12.5. The molecule has 3 aliphatic rings. The van der Waals surface area contributed by atoms with Crippen molar-refractivity contribution in [3.05, 3.63) is 41.5 Å². The molecule has 0 bridgehead atoms. The second-order valence-corrected chi connectivity index (χ2v) is 8.10. The Labute approximate surface area is 172 Å². The Morgan fingerprint density at radius 2 is 2.20 bits per heavy atom. The Morgan fingerprint density at radius 1 is 1.43 bits per heavy atom. The van der Waals surface area contributed by atoms with Crippen molar-refractivity contribution in [3.8, 4) is 11.5 Å². The molecule has 1 aromatic carbocycles. The van der Waals surface area contributed by atoms with Crippen LogP contribution in [-0.4, -0.2) is 63.2 Å². The van der Waals surface area contributed by atoms with E-state index in [9.17, 15) is 19.7 Å². The van der Waals surface area contributed by atoms with E-state index in [1.54, 1.807) is 17.0 Å². The maximum Gasteiger partial charge on any atom is 0.526 e. The topological polar surface area (TPSA) is 151 Å². The Bertz CT molecular complexity index is 1010. The molecule has 4 atom stereocenters. The molecule has 0 radical (unpaired) electrons. The molecular weight excluding hydrogens is 391 g/mol. The fourth-order valence-electron chi connectivity index (χ4n) is 4.53. The van der Waals surface area contributed by atoms with Crippen molar-refractivity contribution in [3.63, 3.8) is 0 Å². The molecule has 1 saturated carbocycles. The molecule has 10 nitrogen and oxygen atoms in total. The van der Waals surface area contributed by atoms with Crippen LogP contribution in [0.25, 0.3) is 0 Å². The van der Waals surface area contributed by atoms with Crippen LogP contribution >= 0.6 is 0 Å². The lowest BCUT2D eigenvalue weighted by Gasteiger charge is -2.40. The molecule has 2 aromatic rings. The first kappa shape index (κ1) is 19.0. The summed E-state index contributed by atoms with van der Waals surface area (Å²) >= 11 is 0. The van der Waals surface area contributed by atoms with Crippen LogP contribution in [0.5, 0.6) is 11.5 Å². The number of ether oxygens (including phenoxy) is 1. The van der Waals surface area contributed by atoms with Gasteiger partial charge < -0.3 is 35.1 Å². The third-order valence-corrected chi connectivity index (χ3v) is 6.31. The number of carboxylic acids is 1. The summed E-state index contributed by atoms with van der Waals surface area (Å²) < 4.78 is 11.4. The van der Waals surface area contributed by atoms with E-state index in [1.165, 1.54) is 12.5 Å². The summed E-state index contributed by atoms with van der Waals surface area (Å²) in [5.41, 5.74) is 7.17. The number of rotatable bonds is 5. The maximum atomic E-state index is 12.5. The zero-order valence-electron chi connectivity index (χ0n) is 16.2. The van der Waals surface area contributed by atoms with Gasteiger partial charge in [0.2, 0.25) is 5.91 Å². The van der Waals surface area contributed by atoms with E-state index in [0.717, 1.165) is 5.56 Å². The Kier molecular flexibility index (Phi) is 4.26. The second kappa shape index (κ2) is 6.74. The molecule has 30 heavy (non-hydrogen) atoms. The Hall–Kier alpha value is -3.05. The van der Waals surface area contributed by atoms with Gasteiger partial charge in [0.15, 0.2) is 0 Å². The number of nitrogens with zero attached hydrogens (tertiary/aromatic N) is 2. The number of nitrogens with one attached hydrogen (secondary N) is 1. The molecule has 2 aliphatic heterocycles. The number of carbonyl (C=O) groups is 2. The number of benzene rings is 1. The molecule has 156 valence electrons. The van der Waals surface area contributed by atoms with Crippen LogP contribution in [0, 0.1) is 5.92 Å². The van der Waals surface area contributed by atoms with Crippen LogP contribution in [0.2, 0.25) is 5.82 Å². The third-order valence-electron chi connectivity index (χ3n) is 6.31. The van der Waals surface area contributed by atoms with Gasteiger partial charge in [-0.15, -0.1) is 0 Å². The number of hydrogen-bond acceptors (Lipinski definition) is 7. The molecule has 2 fully saturated rings. The van der Waals surface area contributed by atoms with Gasteiger partial charge >= 0.3 is 13.1 Å². The lowest BCUT2D eigenvalue weighted by Crippen LogP contribution is -2.58. The molecule has 11 heteroatoms. The van der Waals surface area contributed by atoms with Gasteiger partial charge in [-0.05, 0) is 23.5 Å². The fraction of sp³-hybridized carbons (Fsp3) is 0.421. The van der Waals surface area contributed by atoms with E-state index in [1.807, 2.05) is 6.92 Å². The SMILES string of the molecule is CC1C2B(O)Oc3c(ccc(OC4CN(C(=O)[C@@H](N)c5cnc[nH]5)C4)c3C(=O)O)C12. The number of hydrogen-bond donors (Lipinski definition) is 4. The van der Waals surface area contributed by atoms with E-state index in [4.69, 9.17) is 15.1 Å². The molecule has 5 N–H and O–H groups in total. The second-order valence-electron chi connectivity index (χ2n) is 8.10. The summed E-state index contributed by atoms with van der Waals surface area (Å²) in [6.07, 6.45) is 2.60. The predicted octanol–water partition coefficient (Wildman–Crippen LogP) is 0.374. The highest BCUT2D eigenvalue weighted by atomic mass is 16.5. The van der Waals surface area contributed by atoms with Crippen LogP contribution in [0.3, 0.4) is 0 Å². The quantitative estimate of drug-likeness (QED) is 0.515. The molecule has 1 aromatic heterocycles. The van der Waals surface area contributed by atoms with Gasteiger partial charge in [0.25, 0.3) is 0 Å². The predicted molar refractivity (Wildman–Crippen MR) is 104 cm³/mol. The number of carboxylic acid groups (broad SMARTS) is 1. The zero-order valence-corrected chi connectivity index (χ0v) is 16.2. The fourth-order valence-corrected chi connectivity index (χ4v) is 4.53. The molecular formula is C19H21BN4O6. The Balaban J connectivity index is 1.30. The number of aromatic carboxylic acids is 1. The number of H-pyrrole nitrogens is 1. The number of imidazole rings is 1. The van der Waals surface area contributed by atoms with Crippen molar-refractivity contribution in [1.29, 1.82) is 0 Å². The number of amides is 1. The van der Waals surface area contributed by atoms with Gasteiger partial charge in [0.05, 0.1) is 31.3 Å². The standard InChI is InChI=1S/C19H21BN4O6/c1-8-13-10-2-3-12(14(19(26)27)17(10)30-20(28)15(8)13)29-9-5-24(6-9)18(25)16(21)11-4-22-7-23-11/h2-4,7-9,13,15-16,28H,5-6,21H2,1H3,(H,22,23)(H,26,27)/t8?,13?,15?,16-/m0/s1. The molecule has 1 amide bonds. The zero-order chi connectivity index (χ0) is 21.2. The van der Waals surface area contributed by atoms with E-state index < -0.39 is 19.1 Å². The van der Waals surface area contributed by atoms with Gasteiger partial charge in [0, 0.05) is 5.82 Å². The molecule has 3 heterocycles. The third kappa shape index (κ3) is 2.84. The summed E-state index contributed by atoms with van der Waals surface area (Å²) in [4.78, 5) is 32.6. The summed E-state index contributed by atoms with van der Waals surface area (Å²) in [6.45, 7) is 2.60. The van der Waals surface area contributed by atoms with Crippen LogP contribution < -0.4 is 15.1 Å². The molecule has 1 saturated heterocycles. The first-order valence-electron chi connectivity index (χ1n) is 9.81. The largest absolute Gasteiger partial charge is 0.535 e. The summed E-state index contributed by atoms with van der Waals surface area (Å²) in [5, 5.41) is 19.9. The van der Waals surface area contributed by atoms with Crippen LogP contribution in [0.15, 0.2) is 24.7 Å². The van der Waals surface area contributed by atoms with Crippen molar-refractivity contribution >= 4 is 19.0 Å². The smallest absolute Gasteiger partial charge is 0.526 e. The minimum atomic E-state index is -1.19. The number of carbonyl (C=O) groups excluding carboxylic acids is 1. The van der Waals surface area contributed by atoms with Crippen molar-refractivity contribution in [1.82, 2.24) is 14.9 Å². The van der Waals surface area contributed by atoms with Crippen molar-refractivity contribution in [2.45, 2.75) is 30.8 Å². The van der Waals surface area contributed by atoms with Gasteiger partial charge in [-0.1, -0.05) is 13.0 Å².